The summed E-state index contributed by atoms with van der Waals surface area (Å²) in [5, 5.41) is 0. The Morgan fingerprint density at radius 2 is 1.68 bits per heavy atom. The van der Waals surface area contributed by atoms with E-state index in [1.807, 2.05) is 13.0 Å². The second-order valence-corrected chi connectivity index (χ2v) is 4.81. The quantitative estimate of drug-likeness (QED) is 0.461. The van der Waals surface area contributed by atoms with E-state index in [1.54, 1.807) is 42.5 Å². The number of carbonyl (C=O) groups is 2. The third-order valence-corrected chi connectivity index (χ3v) is 3.04. The molecule has 22 heavy (non-hydrogen) atoms. The zero-order valence-electron chi connectivity index (χ0n) is 12.7. The molecule has 114 valence electrons. The first-order valence-electron chi connectivity index (χ1n) is 7.17. The number of benzene rings is 2. The largest absolute Gasteiger partial charge is 0.493 e. The van der Waals surface area contributed by atoms with Gasteiger partial charge in [-0.3, -0.25) is 4.79 Å². The van der Waals surface area contributed by atoms with Crippen molar-refractivity contribution < 1.29 is 19.1 Å². The molecular formula is C18H18O4. The number of esters is 1. The Hall–Kier alpha value is -2.62. The Balaban J connectivity index is 2.13. The van der Waals surface area contributed by atoms with Gasteiger partial charge in [0.1, 0.15) is 17.1 Å². The van der Waals surface area contributed by atoms with Gasteiger partial charge in [-0.05, 0) is 49.7 Å². The van der Waals surface area contributed by atoms with Crippen molar-refractivity contribution in [1.29, 1.82) is 0 Å². The molecule has 0 aliphatic rings. The van der Waals surface area contributed by atoms with E-state index in [2.05, 4.69) is 0 Å². The summed E-state index contributed by atoms with van der Waals surface area (Å²) in [6.07, 6.45) is 0.857. The van der Waals surface area contributed by atoms with Crippen molar-refractivity contribution in [2.45, 2.75) is 20.3 Å². The molecule has 0 aliphatic heterocycles. The van der Waals surface area contributed by atoms with Crippen LogP contribution in [0, 0.1) is 0 Å². The van der Waals surface area contributed by atoms with Crippen molar-refractivity contribution in [2.75, 3.05) is 6.61 Å². The van der Waals surface area contributed by atoms with Crippen LogP contribution in [0.15, 0.2) is 48.5 Å². The third kappa shape index (κ3) is 3.95. The Morgan fingerprint density at radius 1 is 1.00 bits per heavy atom. The van der Waals surface area contributed by atoms with E-state index in [1.165, 1.54) is 6.92 Å². The van der Waals surface area contributed by atoms with E-state index in [-0.39, 0.29) is 5.78 Å². The van der Waals surface area contributed by atoms with Crippen LogP contribution in [0.1, 0.15) is 41.0 Å². The summed E-state index contributed by atoms with van der Waals surface area (Å²) in [5.41, 5.74) is 0.957. The highest BCUT2D eigenvalue weighted by Crippen LogP contribution is 2.21. The molecule has 0 atom stereocenters. The Bertz CT molecular complexity index is 659. The highest BCUT2D eigenvalue weighted by molar-refractivity contribution is 5.95. The van der Waals surface area contributed by atoms with Crippen molar-refractivity contribution in [3.8, 4) is 11.5 Å². The number of carbonyl (C=O) groups excluding carboxylic acids is 2. The van der Waals surface area contributed by atoms with E-state index in [4.69, 9.17) is 9.47 Å². The van der Waals surface area contributed by atoms with Crippen LogP contribution in [0.25, 0.3) is 0 Å². The summed E-state index contributed by atoms with van der Waals surface area (Å²) in [4.78, 5) is 23.5. The summed E-state index contributed by atoms with van der Waals surface area (Å²) in [6, 6.07) is 13.4. The van der Waals surface area contributed by atoms with Gasteiger partial charge in [0, 0.05) is 5.56 Å². The molecule has 0 heterocycles. The fraction of sp³-hybridized carbons (Fsp3) is 0.222. The first kappa shape index (κ1) is 15.8. The van der Waals surface area contributed by atoms with Crippen molar-refractivity contribution in [3.63, 3.8) is 0 Å². The maximum Gasteiger partial charge on any atom is 0.347 e. The minimum Gasteiger partial charge on any atom is -0.493 e. The number of para-hydroxylation sites is 1. The van der Waals surface area contributed by atoms with Gasteiger partial charge in [0.15, 0.2) is 5.78 Å². The minimum absolute atomic E-state index is 0.0313. The first-order valence-corrected chi connectivity index (χ1v) is 7.17. The van der Waals surface area contributed by atoms with E-state index in [9.17, 15) is 9.59 Å². The molecule has 0 aromatic heterocycles. The molecule has 0 N–H and O–H groups in total. The average Bonchev–Trinajstić information content (AvgIpc) is 2.53. The SMILES string of the molecule is CCCOc1ccccc1C(=O)Oc1ccc(C(C)=O)cc1. The second kappa shape index (κ2) is 7.41. The molecule has 2 aromatic rings. The molecule has 0 saturated carbocycles. The summed E-state index contributed by atoms with van der Waals surface area (Å²) in [6.45, 7) is 4.03. The van der Waals surface area contributed by atoms with Gasteiger partial charge in [0.2, 0.25) is 0 Å². The molecule has 2 rings (SSSR count). The lowest BCUT2D eigenvalue weighted by Gasteiger charge is -2.10. The zero-order valence-corrected chi connectivity index (χ0v) is 12.7. The van der Waals surface area contributed by atoms with E-state index in [0.29, 0.717) is 29.2 Å². The van der Waals surface area contributed by atoms with Gasteiger partial charge in [0.05, 0.1) is 6.61 Å². The number of hydrogen-bond acceptors (Lipinski definition) is 4. The molecule has 0 fully saturated rings. The monoisotopic (exact) mass is 298 g/mol. The van der Waals surface area contributed by atoms with Gasteiger partial charge < -0.3 is 9.47 Å². The number of ketones is 1. The Kier molecular flexibility index (Phi) is 5.31. The Morgan fingerprint density at radius 3 is 2.32 bits per heavy atom. The molecule has 0 aliphatic carbocycles. The normalized spacial score (nSPS) is 10.1. The number of ether oxygens (including phenoxy) is 2. The standard InChI is InChI=1S/C18H18O4/c1-3-12-21-17-7-5-4-6-16(17)18(20)22-15-10-8-14(9-11-15)13(2)19/h4-11H,3,12H2,1-2H3. The highest BCUT2D eigenvalue weighted by Gasteiger charge is 2.14. The van der Waals surface area contributed by atoms with E-state index < -0.39 is 5.97 Å². The fourth-order valence-electron chi connectivity index (χ4n) is 1.89. The van der Waals surface area contributed by atoms with Crippen molar-refractivity contribution in [1.82, 2.24) is 0 Å². The molecule has 0 unspecified atom stereocenters. The van der Waals surface area contributed by atoms with Crippen molar-refractivity contribution in [2.24, 2.45) is 0 Å². The highest BCUT2D eigenvalue weighted by atomic mass is 16.5. The molecular weight excluding hydrogens is 280 g/mol. The third-order valence-electron chi connectivity index (χ3n) is 3.04. The van der Waals surface area contributed by atoms with Gasteiger partial charge in [-0.2, -0.15) is 0 Å². The molecule has 4 heteroatoms. The molecule has 4 nitrogen and oxygen atoms in total. The fourth-order valence-corrected chi connectivity index (χ4v) is 1.89. The lowest BCUT2D eigenvalue weighted by molar-refractivity contribution is 0.0730. The predicted octanol–water partition coefficient (Wildman–Crippen LogP) is 3.90. The van der Waals surface area contributed by atoms with E-state index >= 15 is 0 Å². The average molecular weight is 298 g/mol. The molecule has 2 aromatic carbocycles. The van der Waals surface area contributed by atoms with Crippen LogP contribution in [0.2, 0.25) is 0 Å². The lowest BCUT2D eigenvalue weighted by Crippen LogP contribution is -2.11. The van der Waals surface area contributed by atoms with Gasteiger partial charge in [-0.15, -0.1) is 0 Å². The summed E-state index contributed by atoms with van der Waals surface area (Å²) >= 11 is 0. The summed E-state index contributed by atoms with van der Waals surface area (Å²) in [7, 11) is 0. The number of Topliss-reactive ketones (excluding diaryl/α,β-unsaturated/α-hetero) is 1. The van der Waals surface area contributed by atoms with Crippen LogP contribution in [0.3, 0.4) is 0 Å². The second-order valence-electron chi connectivity index (χ2n) is 4.81. The van der Waals surface area contributed by atoms with Crippen LogP contribution >= 0.6 is 0 Å². The van der Waals surface area contributed by atoms with Crippen LogP contribution in [0.4, 0.5) is 0 Å². The molecule has 0 saturated heterocycles. The zero-order chi connectivity index (χ0) is 15.9. The summed E-state index contributed by atoms with van der Waals surface area (Å²) in [5.74, 6) is 0.383. The first-order chi connectivity index (χ1) is 10.6. The van der Waals surface area contributed by atoms with Gasteiger partial charge >= 0.3 is 5.97 Å². The van der Waals surface area contributed by atoms with E-state index in [0.717, 1.165) is 6.42 Å². The molecule has 0 amide bonds. The lowest BCUT2D eigenvalue weighted by atomic mass is 10.1. The number of hydrogen-bond donors (Lipinski definition) is 0. The minimum atomic E-state index is -0.484. The molecule has 0 bridgehead atoms. The Labute approximate surface area is 129 Å². The topological polar surface area (TPSA) is 52.6 Å². The van der Waals surface area contributed by atoms with Gasteiger partial charge in [-0.25, -0.2) is 4.79 Å². The predicted molar refractivity (Wildman–Crippen MR) is 83.6 cm³/mol. The summed E-state index contributed by atoms with van der Waals surface area (Å²) < 4.78 is 10.9. The van der Waals surface area contributed by atoms with Crippen LogP contribution < -0.4 is 9.47 Å². The van der Waals surface area contributed by atoms with Crippen LogP contribution in [-0.4, -0.2) is 18.4 Å². The van der Waals surface area contributed by atoms with Gasteiger partial charge in [-0.1, -0.05) is 19.1 Å². The smallest absolute Gasteiger partial charge is 0.347 e. The molecule has 0 spiro atoms. The van der Waals surface area contributed by atoms with Crippen molar-refractivity contribution >= 4 is 11.8 Å². The maximum absolute atomic E-state index is 12.2. The molecule has 0 radical (unpaired) electrons. The van der Waals surface area contributed by atoms with Crippen molar-refractivity contribution in [3.05, 3.63) is 59.7 Å². The number of rotatable bonds is 6. The van der Waals surface area contributed by atoms with Gasteiger partial charge in [0.25, 0.3) is 0 Å². The maximum atomic E-state index is 12.2. The van der Waals surface area contributed by atoms with Crippen LogP contribution in [0.5, 0.6) is 11.5 Å². The van der Waals surface area contributed by atoms with Crippen LogP contribution in [-0.2, 0) is 0 Å².